The first-order chi connectivity index (χ1) is 9.20. The summed E-state index contributed by atoms with van der Waals surface area (Å²) in [5.74, 6) is 0.586. The lowest BCUT2D eigenvalue weighted by molar-refractivity contribution is 0.628. The van der Waals surface area contributed by atoms with Crippen LogP contribution in [0.5, 0.6) is 0 Å². The largest absolute Gasteiger partial charge is 0.342 e. The summed E-state index contributed by atoms with van der Waals surface area (Å²) in [5.41, 5.74) is 7.03. The second-order valence-corrected chi connectivity index (χ2v) is 4.87. The summed E-state index contributed by atoms with van der Waals surface area (Å²) in [6.45, 7) is 0.731. The highest BCUT2D eigenvalue weighted by molar-refractivity contribution is 6.33. The zero-order chi connectivity index (χ0) is 13.7. The van der Waals surface area contributed by atoms with E-state index < -0.39 is 0 Å². The molecule has 0 radical (unpaired) electrons. The van der Waals surface area contributed by atoms with E-state index in [1.54, 1.807) is 12.3 Å². The minimum Gasteiger partial charge on any atom is -0.342 e. The number of aryl methyl sites for hydroxylation is 1. The van der Waals surface area contributed by atoms with Crippen LogP contribution in [0, 0.1) is 5.82 Å². The molecule has 3 nitrogen and oxygen atoms in total. The van der Waals surface area contributed by atoms with E-state index in [0.29, 0.717) is 5.02 Å². The molecule has 0 spiro atoms. The van der Waals surface area contributed by atoms with Gasteiger partial charge in [0.25, 0.3) is 0 Å². The molecule has 1 heterocycles. The molecule has 0 atom stereocenters. The van der Waals surface area contributed by atoms with Crippen LogP contribution in [0.25, 0.3) is 11.3 Å². The molecule has 0 aliphatic carbocycles. The summed E-state index contributed by atoms with van der Waals surface area (Å²) in [6.07, 6.45) is 5.82. The van der Waals surface area contributed by atoms with Crippen molar-refractivity contribution in [1.82, 2.24) is 9.97 Å². The third kappa shape index (κ3) is 3.78. The van der Waals surface area contributed by atoms with E-state index >= 15 is 0 Å². The van der Waals surface area contributed by atoms with Gasteiger partial charge in [-0.1, -0.05) is 18.0 Å². The number of H-pyrrole nitrogens is 1. The van der Waals surface area contributed by atoms with Crippen molar-refractivity contribution in [3.8, 4) is 11.3 Å². The van der Waals surface area contributed by atoms with Crippen molar-refractivity contribution in [2.75, 3.05) is 6.54 Å². The van der Waals surface area contributed by atoms with Gasteiger partial charge in [0.1, 0.15) is 11.6 Å². The van der Waals surface area contributed by atoms with Crippen molar-refractivity contribution < 1.29 is 4.39 Å². The van der Waals surface area contributed by atoms with Gasteiger partial charge < -0.3 is 10.7 Å². The van der Waals surface area contributed by atoms with E-state index in [-0.39, 0.29) is 5.82 Å². The Labute approximate surface area is 117 Å². The van der Waals surface area contributed by atoms with Crippen molar-refractivity contribution in [2.45, 2.75) is 25.7 Å². The number of benzene rings is 1. The van der Waals surface area contributed by atoms with Gasteiger partial charge in [0, 0.05) is 12.0 Å². The van der Waals surface area contributed by atoms with Crippen LogP contribution in [0.3, 0.4) is 0 Å². The molecule has 0 unspecified atom stereocenters. The van der Waals surface area contributed by atoms with Crippen molar-refractivity contribution in [3.63, 3.8) is 0 Å². The first-order valence-corrected chi connectivity index (χ1v) is 6.78. The molecule has 0 bridgehead atoms. The molecule has 1 aromatic heterocycles. The fraction of sp³-hybridized carbons (Fsp3) is 0.357. The molecule has 0 amide bonds. The van der Waals surface area contributed by atoms with Gasteiger partial charge in [-0.15, -0.1) is 0 Å². The number of unbranched alkanes of at least 4 members (excludes halogenated alkanes) is 2. The van der Waals surface area contributed by atoms with Crippen LogP contribution in [0.2, 0.25) is 5.02 Å². The molecular weight excluding hydrogens is 265 g/mol. The number of hydrogen-bond donors (Lipinski definition) is 2. The van der Waals surface area contributed by atoms with Crippen LogP contribution in [0.15, 0.2) is 24.4 Å². The smallest absolute Gasteiger partial charge is 0.124 e. The van der Waals surface area contributed by atoms with Gasteiger partial charge >= 0.3 is 0 Å². The Kier molecular flexibility index (Phi) is 4.93. The number of nitrogens with zero attached hydrogens (tertiary/aromatic N) is 1. The predicted molar refractivity (Wildman–Crippen MR) is 75.6 cm³/mol. The Hall–Kier alpha value is -1.39. The maximum absolute atomic E-state index is 13.0. The van der Waals surface area contributed by atoms with Crippen LogP contribution in [0.1, 0.15) is 25.1 Å². The highest BCUT2D eigenvalue weighted by Crippen LogP contribution is 2.27. The summed E-state index contributed by atoms with van der Waals surface area (Å²) in [4.78, 5) is 7.53. The highest BCUT2D eigenvalue weighted by atomic mass is 35.5. The Bertz CT molecular complexity index is 539. The van der Waals surface area contributed by atoms with E-state index in [1.165, 1.54) is 12.1 Å². The fourth-order valence-corrected chi connectivity index (χ4v) is 2.22. The molecule has 0 aliphatic rings. The predicted octanol–water partition coefficient (Wildman–Crippen LogP) is 3.54. The van der Waals surface area contributed by atoms with E-state index in [4.69, 9.17) is 17.3 Å². The molecule has 2 rings (SSSR count). The lowest BCUT2D eigenvalue weighted by Crippen LogP contribution is -1.98. The molecule has 0 fully saturated rings. The van der Waals surface area contributed by atoms with Gasteiger partial charge in [-0.25, -0.2) is 9.37 Å². The van der Waals surface area contributed by atoms with Crippen LogP contribution in [-0.2, 0) is 6.42 Å². The molecule has 19 heavy (non-hydrogen) atoms. The van der Waals surface area contributed by atoms with Gasteiger partial charge in [-0.2, -0.15) is 0 Å². The number of nitrogens with one attached hydrogen (secondary N) is 1. The molecule has 3 N–H and O–H groups in total. The maximum atomic E-state index is 13.0. The lowest BCUT2D eigenvalue weighted by Gasteiger charge is -2.01. The monoisotopic (exact) mass is 281 g/mol. The number of rotatable bonds is 6. The minimum atomic E-state index is -0.338. The molecule has 0 aliphatic heterocycles. The van der Waals surface area contributed by atoms with Gasteiger partial charge in [0.2, 0.25) is 0 Å². The second-order valence-electron chi connectivity index (χ2n) is 4.47. The standard InChI is InChI=1S/C14H17ClFN3/c15-12-8-10(16)5-6-11(12)13-9-18-14(19-13)4-2-1-3-7-17/h5-6,8-9H,1-4,7,17H2,(H,18,19). The molecule has 102 valence electrons. The molecule has 2 aromatic rings. The van der Waals surface area contributed by atoms with Crippen molar-refractivity contribution in [2.24, 2.45) is 5.73 Å². The second kappa shape index (κ2) is 6.68. The number of hydrogen-bond acceptors (Lipinski definition) is 2. The van der Waals surface area contributed by atoms with E-state index in [1.807, 2.05) is 0 Å². The summed E-state index contributed by atoms with van der Waals surface area (Å²) < 4.78 is 13.0. The normalized spacial score (nSPS) is 10.9. The fourth-order valence-electron chi connectivity index (χ4n) is 1.95. The third-order valence-corrected chi connectivity index (χ3v) is 3.28. The average Bonchev–Trinajstić information content (AvgIpc) is 2.83. The molecule has 0 saturated carbocycles. The number of aromatic nitrogens is 2. The molecule has 1 aromatic carbocycles. The summed E-state index contributed by atoms with van der Waals surface area (Å²) >= 11 is 6.02. The SMILES string of the molecule is NCCCCCc1ncc(-c2ccc(F)cc2Cl)[nH]1. The number of halogens is 2. The Morgan fingerprint density at radius 2 is 2.11 bits per heavy atom. The maximum Gasteiger partial charge on any atom is 0.124 e. The lowest BCUT2D eigenvalue weighted by atomic mass is 10.1. The third-order valence-electron chi connectivity index (χ3n) is 2.97. The summed E-state index contributed by atoms with van der Waals surface area (Å²) in [5, 5.41) is 0.387. The van der Waals surface area contributed by atoms with E-state index in [9.17, 15) is 4.39 Å². The van der Waals surface area contributed by atoms with Crippen LogP contribution in [0.4, 0.5) is 4.39 Å². The topological polar surface area (TPSA) is 54.7 Å². The highest BCUT2D eigenvalue weighted by Gasteiger charge is 2.08. The number of imidazole rings is 1. The zero-order valence-corrected chi connectivity index (χ0v) is 11.4. The number of aromatic amines is 1. The molecule has 0 saturated heterocycles. The first kappa shape index (κ1) is 14.0. The van der Waals surface area contributed by atoms with Gasteiger partial charge in [0.15, 0.2) is 0 Å². The van der Waals surface area contributed by atoms with Crippen LogP contribution in [-0.4, -0.2) is 16.5 Å². The number of nitrogens with two attached hydrogens (primary N) is 1. The summed E-state index contributed by atoms with van der Waals surface area (Å²) in [7, 11) is 0. The van der Waals surface area contributed by atoms with Crippen molar-refractivity contribution in [3.05, 3.63) is 41.1 Å². The van der Waals surface area contributed by atoms with E-state index in [0.717, 1.165) is 49.3 Å². The molecular formula is C14H17ClFN3. The van der Waals surface area contributed by atoms with E-state index in [2.05, 4.69) is 9.97 Å². The van der Waals surface area contributed by atoms with Crippen molar-refractivity contribution in [1.29, 1.82) is 0 Å². The quantitative estimate of drug-likeness (QED) is 0.796. The van der Waals surface area contributed by atoms with Gasteiger partial charge in [-0.05, 0) is 37.6 Å². The Morgan fingerprint density at radius 3 is 2.84 bits per heavy atom. The molecule has 5 heteroatoms. The minimum absolute atomic E-state index is 0.338. The first-order valence-electron chi connectivity index (χ1n) is 6.40. The Morgan fingerprint density at radius 1 is 1.26 bits per heavy atom. The summed E-state index contributed by atoms with van der Waals surface area (Å²) in [6, 6.07) is 4.35. The van der Waals surface area contributed by atoms with Crippen LogP contribution >= 0.6 is 11.6 Å². The zero-order valence-electron chi connectivity index (χ0n) is 10.6. The van der Waals surface area contributed by atoms with Crippen LogP contribution < -0.4 is 5.73 Å². The van der Waals surface area contributed by atoms with Gasteiger partial charge in [0.05, 0.1) is 16.9 Å². The van der Waals surface area contributed by atoms with Gasteiger partial charge in [-0.3, -0.25) is 0 Å². The van der Waals surface area contributed by atoms with Crippen molar-refractivity contribution >= 4 is 11.6 Å². The average molecular weight is 282 g/mol. The Balaban J connectivity index is 2.04.